The molecule has 0 fully saturated rings. The Morgan fingerprint density at radius 1 is 1.10 bits per heavy atom. The van der Waals surface area contributed by atoms with E-state index in [0.717, 1.165) is 63.3 Å². The molecule has 3 nitrogen and oxygen atoms in total. The maximum absolute atomic E-state index is 11.9. The van der Waals surface area contributed by atoms with Gasteiger partial charge >= 0.3 is 0 Å². The first-order valence-electron chi connectivity index (χ1n) is 7.85. The number of carbonyl (C=O) groups is 1. The summed E-state index contributed by atoms with van der Waals surface area (Å²) in [5.74, 6) is 1.52. The molecule has 0 aliphatic carbocycles. The third kappa shape index (κ3) is 7.96. The Balaban J connectivity index is 2.24. The van der Waals surface area contributed by atoms with Gasteiger partial charge in [-0.2, -0.15) is 0 Å². The number of amides is 1. The Morgan fingerprint density at radius 2 is 1.81 bits per heavy atom. The van der Waals surface area contributed by atoms with Crippen LogP contribution in [0.1, 0.15) is 55.8 Å². The molecular formula is C17H26ClNO2. The summed E-state index contributed by atoms with van der Waals surface area (Å²) in [4.78, 5) is 11.9. The van der Waals surface area contributed by atoms with E-state index in [-0.39, 0.29) is 5.91 Å². The second-order valence-corrected chi connectivity index (χ2v) is 5.46. The molecule has 0 saturated heterocycles. The van der Waals surface area contributed by atoms with Gasteiger partial charge in [0.1, 0.15) is 5.75 Å². The Hall–Kier alpha value is -1.22. The zero-order valence-electron chi connectivity index (χ0n) is 12.9. The summed E-state index contributed by atoms with van der Waals surface area (Å²) in [6, 6.07) is 7.32. The summed E-state index contributed by atoms with van der Waals surface area (Å²) in [5.41, 5.74) is 0.679. The summed E-state index contributed by atoms with van der Waals surface area (Å²) in [6.45, 7) is 3.58. The average Bonchev–Trinajstić information content (AvgIpc) is 2.51. The van der Waals surface area contributed by atoms with Gasteiger partial charge in [-0.3, -0.25) is 4.79 Å². The first-order chi connectivity index (χ1) is 10.3. The second-order valence-electron chi connectivity index (χ2n) is 5.09. The molecule has 0 bridgehead atoms. The van der Waals surface area contributed by atoms with Crippen LogP contribution in [0.2, 0.25) is 0 Å². The van der Waals surface area contributed by atoms with Gasteiger partial charge in [0.25, 0.3) is 5.91 Å². The van der Waals surface area contributed by atoms with Crippen LogP contribution in [-0.2, 0) is 0 Å². The van der Waals surface area contributed by atoms with Crippen molar-refractivity contribution < 1.29 is 9.53 Å². The van der Waals surface area contributed by atoms with E-state index in [1.54, 1.807) is 0 Å². The smallest absolute Gasteiger partial charge is 0.251 e. The Morgan fingerprint density at radius 3 is 2.48 bits per heavy atom. The number of unbranched alkanes of at least 4 members (excludes halogenated alkanes) is 4. The minimum absolute atomic E-state index is 0.0209. The van der Waals surface area contributed by atoms with Crippen LogP contribution < -0.4 is 10.1 Å². The lowest BCUT2D eigenvalue weighted by atomic mass is 10.2. The topological polar surface area (TPSA) is 38.3 Å². The lowest BCUT2D eigenvalue weighted by Gasteiger charge is -2.07. The van der Waals surface area contributed by atoms with Crippen LogP contribution >= 0.6 is 11.6 Å². The summed E-state index contributed by atoms with van der Waals surface area (Å²) >= 11 is 5.62. The molecule has 0 radical (unpaired) electrons. The van der Waals surface area contributed by atoms with Crippen LogP contribution in [0.5, 0.6) is 5.75 Å². The van der Waals surface area contributed by atoms with E-state index in [0.29, 0.717) is 5.56 Å². The number of hydrogen-bond donors (Lipinski definition) is 1. The number of alkyl halides is 1. The molecule has 1 amide bonds. The SMILES string of the molecule is CCCCOc1ccc(C(=O)NCCCCCCCl)cc1. The van der Waals surface area contributed by atoms with E-state index >= 15 is 0 Å². The van der Waals surface area contributed by atoms with Gasteiger partial charge in [-0.25, -0.2) is 0 Å². The molecule has 1 rings (SSSR count). The monoisotopic (exact) mass is 311 g/mol. The van der Waals surface area contributed by atoms with Crippen LogP contribution in [0, 0.1) is 0 Å². The van der Waals surface area contributed by atoms with E-state index in [2.05, 4.69) is 12.2 Å². The molecule has 0 atom stereocenters. The Labute approximate surface area is 133 Å². The molecule has 0 saturated carbocycles. The molecule has 1 aromatic carbocycles. The molecule has 0 aliphatic rings. The third-order valence-corrected chi connectivity index (χ3v) is 3.50. The van der Waals surface area contributed by atoms with Gasteiger partial charge in [0.2, 0.25) is 0 Å². The summed E-state index contributed by atoms with van der Waals surface area (Å²) < 4.78 is 5.57. The van der Waals surface area contributed by atoms with Crippen molar-refractivity contribution in [2.45, 2.75) is 45.4 Å². The predicted octanol–water partition coefficient (Wildman–Crippen LogP) is 4.39. The number of ether oxygens (including phenoxy) is 1. The molecule has 21 heavy (non-hydrogen) atoms. The second kappa shape index (κ2) is 11.4. The van der Waals surface area contributed by atoms with Gasteiger partial charge in [-0.1, -0.05) is 26.2 Å². The van der Waals surface area contributed by atoms with Crippen LogP contribution in [0.3, 0.4) is 0 Å². The van der Waals surface area contributed by atoms with Gasteiger partial charge in [-0.05, 0) is 43.5 Å². The normalized spacial score (nSPS) is 10.4. The molecule has 0 heterocycles. The van der Waals surface area contributed by atoms with Gasteiger partial charge in [-0.15, -0.1) is 11.6 Å². The van der Waals surface area contributed by atoms with E-state index in [9.17, 15) is 4.79 Å². The fourth-order valence-electron chi connectivity index (χ4n) is 1.91. The predicted molar refractivity (Wildman–Crippen MR) is 88.4 cm³/mol. The number of benzene rings is 1. The van der Waals surface area contributed by atoms with Crippen molar-refractivity contribution in [3.05, 3.63) is 29.8 Å². The number of halogens is 1. The van der Waals surface area contributed by atoms with Crippen molar-refractivity contribution in [2.24, 2.45) is 0 Å². The van der Waals surface area contributed by atoms with Crippen molar-refractivity contribution in [3.8, 4) is 5.75 Å². The van der Waals surface area contributed by atoms with E-state index in [4.69, 9.17) is 16.3 Å². The molecule has 0 aliphatic heterocycles. The molecule has 0 unspecified atom stereocenters. The molecule has 0 aromatic heterocycles. The van der Waals surface area contributed by atoms with Crippen molar-refractivity contribution in [1.29, 1.82) is 0 Å². The zero-order chi connectivity index (χ0) is 15.3. The van der Waals surface area contributed by atoms with Crippen molar-refractivity contribution in [1.82, 2.24) is 5.32 Å². The van der Waals surface area contributed by atoms with Gasteiger partial charge in [0.15, 0.2) is 0 Å². The number of rotatable bonds is 11. The maximum atomic E-state index is 11.9. The minimum Gasteiger partial charge on any atom is -0.494 e. The fourth-order valence-corrected chi connectivity index (χ4v) is 2.10. The summed E-state index contributed by atoms with van der Waals surface area (Å²) in [6.07, 6.45) is 6.45. The number of nitrogens with one attached hydrogen (secondary N) is 1. The lowest BCUT2D eigenvalue weighted by Crippen LogP contribution is -2.24. The minimum atomic E-state index is -0.0209. The molecule has 1 aromatic rings. The quantitative estimate of drug-likeness (QED) is 0.486. The van der Waals surface area contributed by atoms with Crippen molar-refractivity contribution in [3.63, 3.8) is 0 Å². The maximum Gasteiger partial charge on any atom is 0.251 e. The Kier molecular flexibility index (Phi) is 9.71. The lowest BCUT2D eigenvalue weighted by molar-refractivity contribution is 0.0953. The largest absolute Gasteiger partial charge is 0.494 e. The summed E-state index contributed by atoms with van der Waals surface area (Å²) in [5, 5.41) is 2.93. The first-order valence-corrected chi connectivity index (χ1v) is 8.38. The highest BCUT2D eigenvalue weighted by Gasteiger charge is 2.04. The van der Waals surface area contributed by atoms with Gasteiger partial charge < -0.3 is 10.1 Å². The highest BCUT2D eigenvalue weighted by Crippen LogP contribution is 2.12. The third-order valence-electron chi connectivity index (χ3n) is 3.23. The molecular weight excluding hydrogens is 286 g/mol. The Bertz CT molecular complexity index is 392. The highest BCUT2D eigenvalue weighted by molar-refractivity contribution is 6.17. The zero-order valence-corrected chi connectivity index (χ0v) is 13.6. The summed E-state index contributed by atoms with van der Waals surface area (Å²) in [7, 11) is 0. The van der Waals surface area contributed by atoms with E-state index in [1.807, 2.05) is 24.3 Å². The molecule has 118 valence electrons. The molecule has 1 N–H and O–H groups in total. The van der Waals surface area contributed by atoms with E-state index in [1.165, 1.54) is 0 Å². The number of hydrogen-bond acceptors (Lipinski definition) is 2. The standard InChI is InChI=1S/C17H26ClNO2/c1-2-3-14-21-16-10-8-15(9-11-16)17(20)19-13-7-5-4-6-12-18/h8-11H,2-7,12-14H2,1H3,(H,19,20). The van der Waals surface area contributed by atoms with Crippen LogP contribution in [-0.4, -0.2) is 24.9 Å². The van der Waals surface area contributed by atoms with Crippen LogP contribution in [0.15, 0.2) is 24.3 Å². The fraction of sp³-hybridized carbons (Fsp3) is 0.588. The average molecular weight is 312 g/mol. The molecule has 4 heteroatoms. The van der Waals surface area contributed by atoms with Crippen molar-refractivity contribution >= 4 is 17.5 Å². The number of carbonyl (C=O) groups excluding carboxylic acids is 1. The van der Waals surface area contributed by atoms with Crippen LogP contribution in [0.25, 0.3) is 0 Å². The van der Waals surface area contributed by atoms with Gasteiger partial charge in [0, 0.05) is 18.0 Å². The highest BCUT2D eigenvalue weighted by atomic mass is 35.5. The first kappa shape index (κ1) is 17.8. The molecule has 0 spiro atoms. The van der Waals surface area contributed by atoms with Crippen molar-refractivity contribution in [2.75, 3.05) is 19.0 Å². The van der Waals surface area contributed by atoms with Gasteiger partial charge in [0.05, 0.1) is 6.61 Å². The van der Waals surface area contributed by atoms with E-state index < -0.39 is 0 Å². The van der Waals surface area contributed by atoms with Crippen LogP contribution in [0.4, 0.5) is 0 Å².